The van der Waals surface area contributed by atoms with Crippen molar-refractivity contribution in [2.24, 2.45) is 5.73 Å². The molecule has 1 saturated heterocycles. The number of hydrogen-bond acceptors (Lipinski definition) is 5. The number of rotatable bonds is 6. The molecule has 0 spiro atoms. The number of fused-ring (bicyclic) bond motifs is 1. The zero-order valence-electron chi connectivity index (χ0n) is 19.7. The van der Waals surface area contributed by atoms with E-state index in [0.29, 0.717) is 28.4 Å². The van der Waals surface area contributed by atoms with E-state index in [2.05, 4.69) is 5.32 Å². The summed E-state index contributed by atoms with van der Waals surface area (Å²) in [6, 6.07) is 12.5. The largest absolute Gasteiger partial charge is 0.490 e. The number of amidine groups is 2. The minimum absolute atomic E-state index is 0.00475. The quantitative estimate of drug-likeness (QED) is 0.377. The summed E-state index contributed by atoms with van der Waals surface area (Å²) in [5.74, 6) is 0.635. The molecule has 35 heavy (non-hydrogen) atoms. The highest BCUT2D eigenvalue weighted by Gasteiger charge is 2.27. The third-order valence-corrected chi connectivity index (χ3v) is 6.22. The molecule has 0 aromatic heterocycles. The summed E-state index contributed by atoms with van der Waals surface area (Å²) in [5, 5.41) is 18.0. The predicted octanol–water partition coefficient (Wildman–Crippen LogP) is 2.60. The number of carbonyl (C=O) groups is 2. The first-order chi connectivity index (χ1) is 16.8. The topological polar surface area (TPSA) is 136 Å². The van der Waals surface area contributed by atoms with Crippen molar-refractivity contribution >= 4 is 35.2 Å². The molecule has 5 N–H and O–H groups in total. The number of piperidine rings is 1. The highest BCUT2D eigenvalue weighted by Crippen LogP contribution is 2.29. The SMILES string of the molecule is CC(=N)N1CCC(Oc2ccc3c(c2)C(=O)NCC(=O)N3CC=Cc2cccc(C(=N)N)c2)CC1. The number of carbonyl (C=O) groups excluding carboxylic acids is 2. The first kappa shape index (κ1) is 24.0. The summed E-state index contributed by atoms with van der Waals surface area (Å²) in [6.45, 7) is 3.54. The van der Waals surface area contributed by atoms with Gasteiger partial charge in [-0.3, -0.25) is 20.4 Å². The van der Waals surface area contributed by atoms with E-state index in [9.17, 15) is 9.59 Å². The third-order valence-electron chi connectivity index (χ3n) is 6.22. The Balaban J connectivity index is 1.49. The van der Waals surface area contributed by atoms with Gasteiger partial charge in [0.15, 0.2) is 0 Å². The lowest BCUT2D eigenvalue weighted by Crippen LogP contribution is -2.40. The molecule has 182 valence electrons. The molecular formula is C26H30N6O3. The summed E-state index contributed by atoms with van der Waals surface area (Å²) in [7, 11) is 0. The maximum atomic E-state index is 12.8. The van der Waals surface area contributed by atoms with Gasteiger partial charge in [0, 0.05) is 38.0 Å². The van der Waals surface area contributed by atoms with E-state index < -0.39 is 0 Å². The fraction of sp³-hybridized carbons (Fsp3) is 0.308. The van der Waals surface area contributed by atoms with Crippen molar-refractivity contribution in [3.63, 3.8) is 0 Å². The molecule has 0 saturated carbocycles. The molecule has 2 aromatic rings. The molecule has 9 nitrogen and oxygen atoms in total. The fourth-order valence-electron chi connectivity index (χ4n) is 4.29. The van der Waals surface area contributed by atoms with Crippen LogP contribution >= 0.6 is 0 Å². The van der Waals surface area contributed by atoms with Gasteiger partial charge in [-0.05, 0) is 36.8 Å². The van der Waals surface area contributed by atoms with E-state index in [0.717, 1.165) is 31.5 Å². The molecular weight excluding hydrogens is 444 g/mol. The van der Waals surface area contributed by atoms with Gasteiger partial charge in [-0.1, -0.05) is 30.4 Å². The van der Waals surface area contributed by atoms with Crippen LogP contribution in [-0.2, 0) is 4.79 Å². The van der Waals surface area contributed by atoms with Gasteiger partial charge in [0.2, 0.25) is 5.91 Å². The molecule has 2 heterocycles. The number of hydrogen-bond donors (Lipinski definition) is 4. The Hall–Kier alpha value is -4.14. The second-order valence-corrected chi connectivity index (χ2v) is 8.70. The van der Waals surface area contributed by atoms with E-state index in [-0.39, 0.29) is 36.8 Å². The predicted molar refractivity (Wildman–Crippen MR) is 136 cm³/mol. The Morgan fingerprint density at radius 3 is 2.66 bits per heavy atom. The van der Waals surface area contributed by atoms with Gasteiger partial charge in [0.1, 0.15) is 17.7 Å². The number of ether oxygens (including phenoxy) is 1. The highest BCUT2D eigenvalue weighted by molar-refractivity contribution is 6.10. The normalized spacial score (nSPS) is 16.6. The van der Waals surface area contributed by atoms with Gasteiger partial charge < -0.3 is 25.6 Å². The Bertz CT molecular complexity index is 1180. The van der Waals surface area contributed by atoms with Crippen LogP contribution in [0.15, 0.2) is 48.5 Å². The molecule has 0 atom stereocenters. The molecule has 2 aliphatic rings. The van der Waals surface area contributed by atoms with E-state index in [1.165, 1.54) is 0 Å². The van der Waals surface area contributed by atoms with Crippen LogP contribution in [0, 0.1) is 10.8 Å². The zero-order chi connectivity index (χ0) is 24.9. The smallest absolute Gasteiger partial charge is 0.253 e. The van der Waals surface area contributed by atoms with Crippen LogP contribution in [0.4, 0.5) is 5.69 Å². The van der Waals surface area contributed by atoms with Gasteiger partial charge in [0.25, 0.3) is 5.91 Å². The number of amides is 2. The van der Waals surface area contributed by atoms with Crippen molar-refractivity contribution in [2.45, 2.75) is 25.9 Å². The molecule has 2 aromatic carbocycles. The molecule has 9 heteroatoms. The van der Waals surface area contributed by atoms with Crippen molar-refractivity contribution in [2.75, 3.05) is 31.1 Å². The van der Waals surface area contributed by atoms with Gasteiger partial charge in [-0.2, -0.15) is 0 Å². The van der Waals surface area contributed by atoms with Crippen LogP contribution in [0.25, 0.3) is 6.08 Å². The van der Waals surface area contributed by atoms with Gasteiger partial charge in [-0.25, -0.2) is 0 Å². The van der Waals surface area contributed by atoms with Crippen LogP contribution in [0.5, 0.6) is 5.75 Å². The van der Waals surface area contributed by atoms with Crippen LogP contribution in [0.2, 0.25) is 0 Å². The lowest BCUT2D eigenvalue weighted by molar-refractivity contribution is -0.117. The lowest BCUT2D eigenvalue weighted by atomic mass is 10.1. The van der Waals surface area contributed by atoms with E-state index in [4.69, 9.17) is 21.3 Å². The molecule has 0 bridgehead atoms. The standard InChI is InChI=1S/C26H30N6O3/c1-17(27)31-12-9-20(10-13-31)35-21-7-8-23-22(15-21)26(34)30-16-24(33)32(23)11-3-5-18-4-2-6-19(14-18)25(28)29/h2-8,14-15,20,27H,9-13,16H2,1H3,(H3,28,29)(H,30,34). The number of nitrogens with one attached hydrogen (secondary N) is 3. The van der Waals surface area contributed by atoms with Crippen LogP contribution in [-0.4, -0.2) is 60.7 Å². The first-order valence-corrected chi connectivity index (χ1v) is 11.6. The molecule has 0 radical (unpaired) electrons. The molecule has 4 rings (SSSR count). The van der Waals surface area contributed by atoms with Gasteiger partial charge in [0.05, 0.1) is 23.6 Å². The molecule has 0 unspecified atom stereocenters. The summed E-state index contributed by atoms with van der Waals surface area (Å²) in [5.41, 5.74) is 7.99. The molecule has 2 amide bonds. The number of nitrogen functional groups attached to an aromatic ring is 1. The van der Waals surface area contributed by atoms with Gasteiger partial charge in [-0.15, -0.1) is 0 Å². The minimum Gasteiger partial charge on any atom is -0.490 e. The lowest BCUT2D eigenvalue weighted by Gasteiger charge is -2.33. The van der Waals surface area contributed by atoms with E-state index in [1.807, 2.05) is 29.2 Å². The van der Waals surface area contributed by atoms with Crippen LogP contribution < -0.4 is 20.7 Å². The van der Waals surface area contributed by atoms with Crippen molar-refractivity contribution < 1.29 is 14.3 Å². The number of benzene rings is 2. The van der Waals surface area contributed by atoms with Crippen LogP contribution in [0.3, 0.4) is 0 Å². The average molecular weight is 475 g/mol. The summed E-state index contributed by atoms with van der Waals surface area (Å²) in [6.07, 6.45) is 5.34. The summed E-state index contributed by atoms with van der Waals surface area (Å²) in [4.78, 5) is 29.1. The van der Waals surface area contributed by atoms with Crippen molar-refractivity contribution in [3.05, 3.63) is 65.2 Å². The van der Waals surface area contributed by atoms with Crippen molar-refractivity contribution in [3.8, 4) is 5.75 Å². The fourth-order valence-corrected chi connectivity index (χ4v) is 4.29. The molecule has 2 aliphatic heterocycles. The Labute approximate surface area is 204 Å². The Kier molecular flexibility index (Phi) is 7.14. The number of likely N-dealkylation sites (tertiary alicyclic amines) is 1. The summed E-state index contributed by atoms with van der Waals surface area (Å²) >= 11 is 0. The zero-order valence-corrected chi connectivity index (χ0v) is 19.7. The van der Waals surface area contributed by atoms with Gasteiger partial charge >= 0.3 is 0 Å². The summed E-state index contributed by atoms with van der Waals surface area (Å²) < 4.78 is 6.15. The van der Waals surface area contributed by atoms with E-state index >= 15 is 0 Å². The Morgan fingerprint density at radius 2 is 1.94 bits per heavy atom. The second-order valence-electron chi connectivity index (χ2n) is 8.70. The third kappa shape index (κ3) is 5.68. The number of anilines is 1. The van der Waals surface area contributed by atoms with E-state index in [1.54, 1.807) is 42.2 Å². The van der Waals surface area contributed by atoms with Crippen LogP contribution in [0.1, 0.15) is 41.3 Å². The molecule has 1 fully saturated rings. The average Bonchev–Trinajstić information content (AvgIpc) is 2.96. The minimum atomic E-state index is -0.311. The first-order valence-electron chi connectivity index (χ1n) is 11.6. The molecule has 0 aliphatic carbocycles. The monoisotopic (exact) mass is 474 g/mol. The van der Waals surface area contributed by atoms with Crippen molar-refractivity contribution in [1.29, 1.82) is 10.8 Å². The Morgan fingerprint density at radius 1 is 1.17 bits per heavy atom. The number of nitrogens with two attached hydrogens (primary N) is 1. The second kappa shape index (κ2) is 10.4. The maximum Gasteiger partial charge on any atom is 0.253 e. The highest BCUT2D eigenvalue weighted by atomic mass is 16.5. The number of nitrogens with zero attached hydrogens (tertiary/aromatic N) is 2. The van der Waals surface area contributed by atoms with Crippen molar-refractivity contribution in [1.82, 2.24) is 10.2 Å². The maximum absolute atomic E-state index is 12.8.